The normalized spacial score (nSPS) is 14.5. The Kier molecular flexibility index (Phi) is 7.63. The highest BCUT2D eigenvalue weighted by molar-refractivity contribution is 7.98. The Labute approximate surface area is 128 Å². The Morgan fingerprint density at radius 2 is 2.10 bits per heavy atom. The third-order valence-electron chi connectivity index (χ3n) is 3.35. The van der Waals surface area contributed by atoms with Crippen molar-refractivity contribution in [3.05, 3.63) is 35.4 Å². The van der Waals surface area contributed by atoms with E-state index in [0.29, 0.717) is 6.04 Å². The van der Waals surface area contributed by atoms with Crippen LogP contribution in [0.4, 0.5) is 0 Å². The molecule has 0 aliphatic carbocycles. The minimum atomic E-state index is -0.141. The summed E-state index contributed by atoms with van der Waals surface area (Å²) in [5.41, 5.74) is 2.59. The van der Waals surface area contributed by atoms with E-state index in [-0.39, 0.29) is 12.1 Å². The third-order valence-corrected chi connectivity index (χ3v) is 4.47. The van der Waals surface area contributed by atoms with Crippen molar-refractivity contribution in [2.75, 3.05) is 12.4 Å². The van der Waals surface area contributed by atoms with Gasteiger partial charge in [-0.1, -0.05) is 43.7 Å². The van der Waals surface area contributed by atoms with Gasteiger partial charge in [-0.25, -0.2) is 0 Å². The summed E-state index contributed by atoms with van der Waals surface area (Å²) in [6.07, 6.45) is 2.15. The fraction of sp³-hybridized carbons (Fsp3) is 0.647. The molecule has 1 unspecified atom stereocenters. The van der Waals surface area contributed by atoms with Crippen LogP contribution in [-0.2, 0) is 5.75 Å². The molecule has 0 aliphatic heterocycles. The third kappa shape index (κ3) is 6.78. The van der Waals surface area contributed by atoms with Crippen LogP contribution in [0.1, 0.15) is 44.7 Å². The monoisotopic (exact) mass is 295 g/mol. The summed E-state index contributed by atoms with van der Waals surface area (Å²) in [6.45, 7) is 8.70. The summed E-state index contributed by atoms with van der Waals surface area (Å²) in [7, 11) is 0. The number of thioether (sulfide) groups is 1. The van der Waals surface area contributed by atoms with Crippen LogP contribution < -0.4 is 5.32 Å². The first kappa shape index (κ1) is 17.5. The Bertz CT molecular complexity index is 394. The second kappa shape index (κ2) is 8.71. The van der Waals surface area contributed by atoms with E-state index in [4.69, 9.17) is 0 Å². The van der Waals surface area contributed by atoms with Crippen LogP contribution in [0.15, 0.2) is 24.3 Å². The summed E-state index contributed by atoms with van der Waals surface area (Å²) in [5.74, 6) is 2.22. The summed E-state index contributed by atoms with van der Waals surface area (Å²) in [5, 5.41) is 13.0. The molecule has 1 atom stereocenters. The van der Waals surface area contributed by atoms with Crippen LogP contribution in [0.3, 0.4) is 0 Å². The minimum absolute atomic E-state index is 0.141. The van der Waals surface area contributed by atoms with Gasteiger partial charge in [0.15, 0.2) is 0 Å². The van der Waals surface area contributed by atoms with E-state index in [2.05, 4.69) is 57.3 Å². The van der Waals surface area contributed by atoms with E-state index < -0.39 is 0 Å². The van der Waals surface area contributed by atoms with Gasteiger partial charge in [0.25, 0.3) is 0 Å². The molecule has 20 heavy (non-hydrogen) atoms. The van der Waals surface area contributed by atoms with Crippen LogP contribution in [-0.4, -0.2) is 29.0 Å². The van der Waals surface area contributed by atoms with Gasteiger partial charge in [-0.05, 0) is 38.0 Å². The highest BCUT2D eigenvalue weighted by Gasteiger charge is 2.22. The van der Waals surface area contributed by atoms with Crippen LogP contribution >= 0.6 is 11.8 Å². The van der Waals surface area contributed by atoms with Gasteiger partial charge in [-0.3, -0.25) is 0 Å². The second-order valence-electron chi connectivity index (χ2n) is 6.16. The van der Waals surface area contributed by atoms with Gasteiger partial charge in [0, 0.05) is 17.3 Å². The molecule has 3 heteroatoms. The molecule has 0 saturated heterocycles. The van der Waals surface area contributed by atoms with Crippen molar-refractivity contribution < 1.29 is 5.11 Å². The zero-order valence-electron chi connectivity index (χ0n) is 13.3. The molecule has 0 aliphatic rings. The van der Waals surface area contributed by atoms with Crippen LogP contribution in [0.5, 0.6) is 0 Å². The highest BCUT2D eigenvalue weighted by Crippen LogP contribution is 2.18. The lowest BCUT2D eigenvalue weighted by Crippen LogP contribution is -2.49. The highest BCUT2D eigenvalue weighted by atomic mass is 32.2. The molecule has 0 fully saturated rings. The molecule has 0 heterocycles. The molecule has 1 aromatic rings. The van der Waals surface area contributed by atoms with Gasteiger partial charge in [0.2, 0.25) is 0 Å². The molecule has 0 aromatic heterocycles. The molecule has 0 bridgehead atoms. The number of aliphatic hydroxyl groups excluding tert-OH is 1. The van der Waals surface area contributed by atoms with Gasteiger partial charge in [-0.2, -0.15) is 11.8 Å². The fourth-order valence-electron chi connectivity index (χ4n) is 2.45. The molecule has 1 aromatic carbocycles. The smallest absolute Gasteiger partial charge is 0.0610 e. The number of benzene rings is 1. The van der Waals surface area contributed by atoms with Crippen molar-refractivity contribution >= 4 is 11.8 Å². The van der Waals surface area contributed by atoms with Crippen molar-refractivity contribution in [3.8, 4) is 0 Å². The molecule has 1 rings (SSSR count). The lowest BCUT2D eigenvalue weighted by Gasteiger charge is -2.31. The summed E-state index contributed by atoms with van der Waals surface area (Å²) in [4.78, 5) is 0. The Balaban J connectivity index is 2.24. The predicted octanol–water partition coefficient (Wildman–Crippen LogP) is 3.76. The van der Waals surface area contributed by atoms with Crippen molar-refractivity contribution in [3.63, 3.8) is 0 Å². The molecule has 0 amide bonds. The first-order valence-electron chi connectivity index (χ1n) is 7.47. The number of aliphatic hydroxyl groups is 1. The fourth-order valence-corrected chi connectivity index (χ4v) is 3.36. The molecular formula is C17H29NOS. The largest absolute Gasteiger partial charge is 0.394 e. The number of aryl methyl sites for hydroxylation is 1. The number of rotatable bonds is 9. The maximum atomic E-state index is 9.53. The van der Waals surface area contributed by atoms with E-state index in [9.17, 15) is 5.11 Å². The van der Waals surface area contributed by atoms with Gasteiger partial charge in [-0.15, -0.1) is 0 Å². The number of hydrogen-bond acceptors (Lipinski definition) is 3. The van der Waals surface area contributed by atoms with Crippen molar-refractivity contribution in [1.82, 2.24) is 5.32 Å². The van der Waals surface area contributed by atoms with Crippen molar-refractivity contribution in [2.45, 2.75) is 57.9 Å². The van der Waals surface area contributed by atoms with Crippen molar-refractivity contribution in [1.29, 1.82) is 0 Å². The first-order chi connectivity index (χ1) is 9.45. The summed E-state index contributed by atoms with van der Waals surface area (Å²) < 4.78 is 0. The SMILES string of the molecule is Cc1cccc(CSCCCC(C)(CO)NC(C)C)c1. The average Bonchev–Trinajstić information content (AvgIpc) is 2.37. The average molecular weight is 295 g/mol. The molecule has 0 saturated carbocycles. The molecule has 2 N–H and O–H groups in total. The van der Waals surface area contributed by atoms with E-state index in [0.717, 1.165) is 24.3 Å². The summed E-state index contributed by atoms with van der Waals surface area (Å²) in [6, 6.07) is 9.12. The van der Waals surface area contributed by atoms with E-state index >= 15 is 0 Å². The van der Waals surface area contributed by atoms with Gasteiger partial charge < -0.3 is 10.4 Å². The Morgan fingerprint density at radius 1 is 1.35 bits per heavy atom. The maximum absolute atomic E-state index is 9.53. The van der Waals surface area contributed by atoms with E-state index in [1.54, 1.807) is 0 Å². The Morgan fingerprint density at radius 3 is 2.70 bits per heavy atom. The molecular weight excluding hydrogens is 266 g/mol. The molecule has 114 valence electrons. The number of nitrogens with one attached hydrogen (secondary N) is 1. The molecule has 2 nitrogen and oxygen atoms in total. The summed E-state index contributed by atoms with van der Waals surface area (Å²) >= 11 is 1.98. The predicted molar refractivity (Wildman–Crippen MR) is 90.3 cm³/mol. The van der Waals surface area contributed by atoms with Crippen LogP contribution in [0.25, 0.3) is 0 Å². The van der Waals surface area contributed by atoms with Crippen molar-refractivity contribution in [2.24, 2.45) is 0 Å². The lowest BCUT2D eigenvalue weighted by molar-refractivity contribution is 0.156. The van der Waals surface area contributed by atoms with E-state index in [1.165, 1.54) is 11.1 Å². The van der Waals surface area contributed by atoms with Gasteiger partial charge in [0.1, 0.15) is 0 Å². The lowest BCUT2D eigenvalue weighted by atomic mass is 9.96. The topological polar surface area (TPSA) is 32.3 Å². The molecule has 0 radical (unpaired) electrons. The van der Waals surface area contributed by atoms with Crippen LogP contribution in [0, 0.1) is 6.92 Å². The first-order valence-corrected chi connectivity index (χ1v) is 8.62. The second-order valence-corrected chi connectivity index (χ2v) is 7.27. The van der Waals surface area contributed by atoms with Gasteiger partial charge >= 0.3 is 0 Å². The molecule has 0 spiro atoms. The van der Waals surface area contributed by atoms with Crippen LogP contribution in [0.2, 0.25) is 0 Å². The number of hydrogen-bond donors (Lipinski definition) is 2. The minimum Gasteiger partial charge on any atom is -0.394 e. The van der Waals surface area contributed by atoms with Gasteiger partial charge in [0.05, 0.1) is 6.61 Å². The Hall–Kier alpha value is -0.510. The maximum Gasteiger partial charge on any atom is 0.0610 e. The van der Waals surface area contributed by atoms with E-state index in [1.807, 2.05) is 11.8 Å². The zero-order chi connectivity index (χ0) is 15.0. The standard InChI is InChI=1S/C17H29NOS/c1-14(2)18-17(4,13-19)9-6-10-20-12-16-8-5-7-15(3)11-16/h5,7-8,11,14,18-19H,6,9-10,12-13H2,1-4H3. The quantitative estimate of drug-likeness (QED) is 0.680. The zero-order valence-corrected chi connectivity index (χ0v) is 14.1.